The molecule has 0 radical (unpaired) electrons. The first-order chi connectivity index (χ1) is 8.58. The second kappa shape index (κ2) is 3.36. The van der Waals surface area contributed by atoms with E-state index < -0.39 is 4.92 Å². The molecule has 0 fully saturated rings. The maximum atomic E-state index is 11.0. The smallest absolute Gasteiger partial charge is 0.277 e. The fourth-order valence-electron chi connectivity index (χ4n) is 2.12. The molecule has 0 aliphatic carbocycles. The Labute approximate surface area is 101 Å². The molecule has 0 spiro atoms. The molecule has 0 amide bonds. The molecule has 2 aromatic carbocycles. The van der Waals surface area contributed by atoms with Crippen LogP contribution in [0.4, 0.5) is 5.69 Å². The summed E-state index contributed by atoms with van der Waals surface area (Å²) in [7, 11) is 0. The lowest BCUT2D eigenvalue weighted by atomic mass is 10.0. The van der Waals surface area contributed by atoms with Crippen molar-refractivity contribution in [2.45, 2.75) is 0 Å². The molecule has 2 aromatic rings. The van der Waals surface area contributed by atoms with E-state index in [1.807, 2.05) is 0 Å². The molecule has 0 atom stereocenters. The van der Waals surface area contributed by atoms with Gasteiger partial charge in [0.05, 0.1) is 10.3 Å². The molecular weight excluding hydrogens is 232 g/mol. The first-order valence-corrected chi connectivity index (χ1v) is 5.22. The van der Waals surface area contributed by atoms with Gasteiger partial charge < -0.3 is 5.73 Å². The summed E-state index contributed by atoms with van der Waals surface area (Å²) in [6, 6.07) is 8.18. The SMILES string of the molecule is N=C1N=C(N)c2cc3c([N+](=O)[O-])cccc3cc21. The van der Waals surface area contributed by atoms with Gasteiger partial charge in [-0.3, -0.25) is 15.5 Å². The molecule has 1 heterocycles. The van der Waals surface area contributed by atoms with Crippen molar-refractivity contribution in [3.8, 4) is 0 Å². The van der Waals surface area contributed by atoms with Gasteiger partial charge in [0.15, 0.2) is 5.84 Å². The van der Waals surface area contributed by atoms with E-state index in [2.05, 4.69) is 4.99 Å². The molecule has 3 N–H and O–H groups in total. The molecule has 0 saturated heterocycles. The lowest BCUT2D eigenvalue weighted by Crippen LogP contribution is -2.10. The molecule has 6 nitrogen and oxygen atoms in total. The minimum Gasteiger partial charge on any atom is -0.383 e. The maximum Gasteiger partial charge on any atom is 0.277 e. The van der Waals surface area contributed by atoms with Crippen LogP contribution in [0.2, 0.25) is 0 Å². The van der Waals surface area contributed by atoms with E-state index in [9.17, 15) is 10.1 Å². The molecule has 0 aromatic heterocycles. The zero-order valence-corrected chi connectivity index (χ0v) is 9.18. The van der Waals surface area contributed by atoms with Gasteiger partial charge in [0.2, 0.25) is 0 Å². The van der Waals surface area contributed by atoms with Crippen LogP contribution in [0.25, 0.3) is 10.8 Å². The second-order valence-electron chi connectivity index (χ2n) is 4.00. The van der Waals surface area contributed by atoms with Crippen LogP contribution >= 0.6 is 0 Å². The highest BCUT2D eigenvalue weighted by molar-refractivity contribution is 6.23. The van der Waals surface area contributed by atoms with Crippen LogP contribution in [-0.4, -0.2) is 16.6 Å². The zero-order chi connectivity index (χ0) is 12.9. The number of amidine groups is 2. The molecule has 88 valence electrons. The number of hydrogen-bond donors (Lipinski definition) is 2. The van der Waals surface area contributed by atoms with E-state index in [0.717, 1.165) is 0 Å². The van der Waals surface area contributed by atoms with Crippen LogP contribution in [0.1, 0.15) is 11.1 Å². The lowest BCUT2D eigenvalue weighted by Gasteiger charge is -2.04. The van der Waals surface area contributed by atoms with E-state index >= 15 is 0 Å². The molecule has 6 heteroatoms. The number of fused-ring (bicyclic) bond motifs is 2. The number of aliphatic imine (C=N–C) groups is 1. The van der Waals surface area contributed by atoms with Crippen molar-refractivity contribution in [1.82, 2.24) is 0 Å². The Morgan fingerprint density at radius 2 is 2.06 bits per heavy atom. The molecular formula is C12H8N4O2. The zero-order valence-electron chi connectivity index (χ0n) is 9.18. The van der Waals surface area contributed by atoms with Crippen molar-refractivity contribution in [3.63, 3.8) is 0 Å². The van der Waals surface area contributed by atoms with Crippen molar-refractivity contribution < 1.29 is 4.92 Å². The fraction of sp³-hybridized carbons (Fsp3) is 0. The van der Waals surface area contributed by atoms with Crippen LogP contribution in [0.15, 0.2) is 35.3 Å². The molecule has 3 rings (SSSR count). The van der Waals surface area contributed by atoms with Crippen LogP contribution in [0, 0.1) is 15.5 Å². The summed E-state index contributed by atoms with van der Waals surface area (Å²) in [6.07, 6.45) is 0. The van der Waals surface area contributed by atoms with Gasteiger partial charge in [-0.1, -0.05) is 12.1 Å². The third-order valence-electron chi connectivity index (χ3n) is 2.96. The quantitative estimate of drug-likeness (QED) is 0.586. The highest BCUT2D eigenvalue weighted by Crippen LogP contribution is 2.30. The summed E-state index contributed by atoms with van der Waals surface area (Å²) in [6.45, 7) is 0. The number of nitro benzene ring substituents is 1. The summed E-state index contributed by atoms with van der Waals surface area (Å²) in [4.78, 5) is 14.4. The first kappa shape index (κ1) is 10.4. The number of non-ortho nitro benzene ring substituents is 1. The van der Waals surface area contributed by atoms with Gasteiger partial charge in [0, 0.05) is 17.2 Å². The molecule has 0 saturated carbocycles. The predicted molar refractivity (Wildman–Crippen MR) is 68.2 cm³/mol. The number of hydrogen-bond acceptors (Lipinski definition) is 4. The first-order valence-electron chi connectivity index (χ1n) is 5.22. The molecule has 0 unspecified atom stereocenters. The van der Waals surface area contributed by atoms with Crippen LogP contribution in [-0.2, 0) is 0 Å². The van der Waals surface area contributed by atoms with E-state index in [4.69, 9.17) is 11.1 Å². The Morgan fingerprint density at radius 1 is 1.28 bits per heavy atom. The van der Waals surface area contributed by atoms with Crippen molar-refractivity contribution in [1.29, 1.82) is 5.41 Å². The minimum atomic E-state index is -0.428. The van der Waals surface area contributed by atoms with Crippen LogP contribution in [0.3, 0.4) is 0 Å². The number of benzene rings is 2. The normalized spacial score (nSPS) is 13.6. The Hall–Kier alpha value is -2.76. The number of nitrogens with zero attached hydrogens (tertiary/aromatic N) is 2. The Morgan fingerprint density at radius 3 is 2.78 bits per heavy atom. The minimum absolute atomic E-state index is 0.0292. The second-order valence-corrected chi connectivity index (χ2v) is 4.00. The molecule has 0 bridgehead atoms. The predicted octanol–water partition coefficient (Wildman–Crippen LogP) is 1.79. The lowest BCUT2D eigenvalue weighted by molar-refractivity contribution is -0.383. The largest absolute Gasteiger partial charge is 0.383 e. The topological polar surface area (TPSA) is 105 Å². The van der Waals surface area contributed by atoms with Gasteiger partial charge in [0.25, 0.3) is 5.69 Å². The molecule has 1 aliphatic rings. The Kier molecular flexibility index (Phi) is 1.94. The summed E-state index contributed by atoms with van der Waals surface area (Å²) in [5, 5.41) is 19.9. The van der Waals surface area contributed by atoms with E-state index in [1.54, 1.807) is 24.3 Å². The van der Waals surface area contributed by atoms with Gasteiger partial charge >= 0.3 is 0 Å². The Balaban J connectivity index is 2.41. The van der Waals surface area contributed by atoms with Crippen molar-refractivity contribution in [2.75, 3.05) is 0 Å². The number of nitro groups is 1. The third-order valence-corrected chi connectivity index (χ3v) is 2.96. The van der Waals surface area contributed by atoms with E-state index in [-0.39, 0.29) is 17.4 Å². The average Bonchev–Trinajstić information content (AvgIpc) is 2.61. The van der Waals surface area contributed by atoms with Gasteiger partial charge in [0.1, 0.15) is 5.84 Å². The van der Waals surface area contributed by atoms with Crippen molar-refractivity contribution in [3.05, 3.63) is 51.6 Å². The number of nitrogens with one attached hydrogen (secondary N) is 1. The van der Waals surface area contributed by atoms with Crippen molar-refractivity contribution >= 4 is 28.1 Å². The fourth-order valence-corrected chi connectivity index (χ4v) is 2.12. The van der Waals surface area contributed by atoms with Gasteiger partial charge in [-0.15, -0.1) is 0 Å². The summed E-state index contributed by atoms with van der Waals surface area (Å²) >= 11 is 0. The van der Waals surface area contributed by atoms with Gasteiger partial charge in [-0.2, -0.15) is 0 Å². The average molecular weight is 240 g/mol. The molecule has 1 aliphatic heterocycles. The standard InChI is InChI=1S/C12H8N4O2/c13-11-8-4-6-2-1-3-10(16(17)18)7(6)5-9(8)12(14)15-11/h1-5H,(H3,13,14,15). The van der Waals surface area contributed by atoms with Gasteiger partial charge in [-0.05, 0) is 17.5 Å². The monoisotopic (exact) mass is 240 g/mol. The van der Waals surface area contributed by atoms with E-state index in [0.29, 0.717) is 21.9 Å². The number of rotatable bonds is 1. The Bertz CT molecular complexity index is 749. The number of nitrogens with two attached hydrogens (primary N) is 1. The van der Waals surface area contributed by atoms with Crippen LogP contribution in [0.5, 0.6) is 0 Å². The molecule has 18 heavy (non-hydrogen) atoms. The summed E-state index contributed by atoms with van der Waals surface area (Å²) in [5.74, 6) is 0.325. The third kappa shape index (κ3) is 1.29. The maximum absolute atomic E-state index is 11.0. The van der Waals surface area contributed by atoms with Crippen LogP contribution < -0.4 is 5.73 Å². The van der Waals surface area contributed by atoms with E-state index in [1.165, 1.54) is 6.07 Å². The highest BCUT2D eigenvalue weighted by atomic mass is 16.6. The van der Waals surface area contributed by atoms with Crippen molar-refractivity contribution in [2.24, 2.45) is 10.7 Å². The summed E-state index contributed by atoms with van der Waals surface area (Å²) in [5.41, 5.74) is 6.92. The highest BCUT2D eigenvalue weighted by Gasteiger charge is 2.21. The van der Waals surface area contributed by atoms with Gasteiger partial charge in [-0.25, -0.2) is 4.99 Å². The summed E-state index contributed by atoms with van der Waals surface area (Å²) < 4.78 is 0.